The molecule has 1 spiro atoms. The summed E-state index contributed by atoms with van der Waals surface area (Å²) in [7, 11) is 0. The third kappa shape index (κ3) is 3.72. The number of likely N-dealkylation sites (tertiary alicyclic amines) is 1. The zero-order valence-electron chi connectivity index (χ0n) is 11.0. The Bertz CT molecular complexity index is 251. The zero-order valence-corrected chi connectivity index (χ0v) is 11.0. The van der Waals surface area contributed by atoms with Crippen LogP contribution in [-0.4, -0.2) is 37.6 Å². The molecule has 0 aromatic carbocycles. The second kappa shape index (κ2) is 6.42. The Morgan fingerprint density at radius 3 is 2.41 bits per heavy atom. The number of nitrogens with zero attached hydrogens (tertiary/aromatic N) is 1. The fraction of sp³-hybridized carbons (Fsp3) is 0.867. The van der Waals surface area contributed by atoms with Gasteiger partial charge >= 0.3 is 0 Å². The van der Waals surface area contributed by atoms with Crippen molar-refractivity contribution in [2.75, 3.05) is 32.7 Å². The molecule has 1 saturated heterocycles. The van der Waals surface area contributed by atoms with Gasteiger partial charge in [-0.3, -0.25) is 0 Å². The fourth-order valence-corrected chi connectivity index (χ4v) is 3.45. The lowest BCUT2D eigenvalue weighted by atomic mass is 9.68. The van der Waals surface area contributed by atoms with E-state index in [4.69, 9.17) is 6.42 Å². The molecule has 1 aliphatic heterocycles. The van der Waals surface area contributed by atoms with Crippen molar-refractivity contribution in [1.29, 1.82) is 0 Å². The second-order valence-electron chi connectivity index (χ2n) is 5.78. The number of hydrogen-bond acceptors (Lipinski definition) is 2. The van der Waals surface area contributed by atoms with Crippen LogP contribution in [0.15, 0.2) is 0 Å². The Morgan fingerprint density at radius 2 is 1.76 bits per heavy atom. The molecule has 2 aliphatic rings. The van der Waals surface area contributed by atoms with Crippen LogP contribution in [0.1, 0.15) is 44.9 Å². The molecule has 2 rings (SSSR count). The number of hydrogen-bond donors (Lipinski definition) is 1. The van der Waals surface area contributed by atoms with Gasteiger partial charge in [0.1, 0.15) is 0 Å². The molecule has 1 N–H and O–H groups in total. The van der Waals surface area contributed by atoms with Gasteiger partial charge in [-0.05, 0) is 44.2 Å². The average Bonchev–Trinajstić information content (AvgIpc) is 2.38. The molecule has 0 aromatic rings. The first-order valence-corrected chi connectivity index (χ1v) is 7.21. The van der Waals surface area contributed by atoms with Crippen LogP contribution in [0.2, 0.25) is 0 Å². The summed E-state index contributed by atoms with van der Waals surface area (Å²) >= 11 is 0. The Balaban J connectivity index is 1.65. The van der Waals surface area contributed by atoms with Crippen LogP contribution in [0.3, 0.4) is 0 Å². The van der Waals surface area contributed by atoms with Crippen molar-refractivity contribution in [1.82, 2.24) is 10.2 Å². The summed E-state index contributed by atoms with van der Waals surface area (Å²) in [5.74, 6) is 2.62. The smallest absolute Gasteiger partial charge is 0.0574 e. The first kappa shape index (κ1) is 12.9. The molecule has 1 aliphatic carbocycles. The monoisotopic (exact) mass is 234 g/mol. The Kier molecular flexibility index (Phi) is 4.88. The van der Waals surface area contributed by atoms with Gasteiger partial charge in [0.25, 0.3) is 0 Å². The fourth-order valence-electron chi connectivity index (χ4n) is 3.45. The lowest BCUT2D eigenvalue weighted by molar-refractivity contribution is 0.0685. The van der Waals surface area contributed by atoms with E-state index in [0.717, 1.165) is 18.5 Å². The summed E-state index contributed by atoms with van der Waals surface area (Å²) in [6.07, 6.45) is 15.5. The van der Waals surface area contributed by atoms with Crippen molar-refractivity contribution < 1.29 is 0 Å². The summed E-state index contributed by atoms with van der Waals surface area (Å²) in [6, 6.07) is 0. The van der Waals surface area contributed by atoms with Gasteiger partial charge in [-0.1, -0.05) is 25.2 Å². The predicted molar refractivity (Wildman–Crippen MR) is 72.9 cm³/mol. The quantitative estimate of drug-likeness (QED) is 0.593. The maximum atomic E-state index is 5.21. The van der Waals surface area contributed by atoms with Crippen molar-refractivity contribution in [2.24, 2.45) is 5.41 Å². The maximum absolute atomic E-state index is 5.21. The summed E-state index contributed by atoms with van der Waals surface area (Å²) in [4.78, 5) is 2.60. The molecule has 0 radical (unpaired) electrons. The minimum atomic E-state index is 0.706. The van der Waals surface area contributed by atoms with Gasteiger partial charge in [0.15, 0.2) is 0 Å². The van der Waals surface area contributed by atoms with Crippen LogP contribution in [0.25, 0.3) is 0 Å². The van der Waals surface area contributed by atoms with E-state index in [2.05, 4.69) is 16.1 Å². The van der Waals surface area contributed by atoms with Gasteiger partial charge in [0, 0.05) is 13.1 Å². The van der Waals surface area contributed by atoms with Crippen molar-refractivity contribution >= 4 is 0 Å². The van der Waals surface area contributed by atoms with Gasteiger partial charge in [0.2, 0.25) is 0 Å². The Morgan fingerprint density at radius 1 is 1.06 bits per heavy atom. The highest BCUT2D eigenvalue weighted by Gasteiger charge is 2.35. The molecule has 17 heavy (non-hydrogen) atoms. The summed E-state index contributed by atoms with van der Waals surface area (Å²) in [6.45, 7) is 5.52. The maximum Gasteiger partial charge on any atom is 0.0574 e. The average molecular weight is 234 g/mol. The minimum Gasteiger partial charge on any atom is -0.305 e. The van der Waals surface area contributed by atoms with Crippen molar-refractivity contribution in [2.45, 2.75) is 44.9 Å². The van der Waals surface area contributed by atoms with Crippen LogP contribution in [0, 0.1) is 17.8 Å². The highest BCUT2D eigenvalue weighted by molar-refractivity contribution is 4.89. The first-order chi connectivity index (χ1) is 8.35. The van der Waals surface area contributed by atoms with Crippen molar-refractivity contribution in [3.05, 3.63) is 0 Å². The molecule has 2 fully saturated rings. The normalized spacial score (nSPS) is 24.6. The highest BCUT2D eigenvalue weighted by Crippen LogP contribution is 2.44. The van der Waals surface area contributed by atoms with E-state index < -0.39 is 0 Å². The SMILES string of the molecule is C#CCNCCN1CCC2(CCCCC2)CC1. The number of nitrogens with one attached hydrogen (secondary N) is 1. The van der Waals surface area contributed by atoms with Gasteiger partial charge in [0.05, 0.1) is 6.54 Å². The largest absolute Gasteiger partial charge is 0.305 e. The lowest BCUT2D eigenvalue weighted by Crippen LogP contribution is -2.43. The van der Waals surface area contributed by atoms with E-state index in [9.17, 15) is 0 Å². The van der Waals surface area contributed by atoms with Crippen LogP contribution >= 0.6 is 0 Å². The third-order valence-electron chi connectivity index (χ3n) is 4.66. The Labute approximate surface area is 106 Å². The van der Waals surface area contributed by atoms with Crippen LogP contribution < -0.4 is 5.32 Å². The molecular formula is C15H26N2. The lowest BCUT2D eigenvalue weighted by Gasteiger charge is -2.44. The van der Waals surface area contributed by atoms with Gasteiger partial charge in [-0.15, -0.1) is 6.42 Å². The summed E-state index contributed by atoms with van der Waals surface area (Å²) < 4.78 is 0. The topological polar surface area (TPSA) is 15.3 Å². The predicted octanol–water partition coefficient (Wildman–Crippen LogP) is 2.26. The molecule has 2 heteroatoms. The zero-order chi connectivity index (χ0) is 12.0. The van der Waals surface area contributed by atoms with Crippen molar-refractivity contribution in [3.63, 3.8) is 0 Å². The van der Waals surface area contributed by atoms with Crippen LogP contribution in [0.5, 0.6) is 0 Å². The molecular weight excluding hydrogens is 208 g/mol. The Hall–Kier alpha value is -0.520. The molecule has 0 amide bonds. The molecule has 2 nitrogen and oxygen atoms in total. The highest BCUT2D eigenvalue weighted by atomic mass is 15.1. The number of piperidine rings is 1. The van der Waals surface area contributed by atoms with Crippen LogP contribution in [0.4, 0.5) is 0 Å². The summed E-state index contributed by atoms with van der Waals surface area (Å²) in [5, 5.41) is 3.28. The molecule has 0 atom stereocenters. The molecule has 0 bridgehead atoms. The van der Waals surface area contributed by atoms with Gasteiger partial charge < -0.3 is 10.2 Å². The van der Waals surface area contributed by atoms with E-state index in [1.807, 2.05) is 0 Å². The molecule has 96 valence electrons. The second-order valence-corrected chi connectivity index (χ2v) is 5.78. The van der Waals surface area contributed by atoms with Gasteiger partial charge in [-0.25, -0.2) is 0 Å². The molecule has 0 unspecified atom stereocenters. The third-order valence-corrected chi connectivity index (χ3v) is 4.66. The molecule has 1 saturated carbocycles. The van der Waals surface area contributed by atoms with E-state index in [1.54, 1.807) is 0 Å². The molecule has 0 aromatic heterocycles. The molecule has 1 heterocycles. The van der Waals surface area contributed by atoms with Gasteiger partial charge in [-0.2, -0.15) is 0 Å². The first-order valence-electron chi connectivity index (χ1n) is 7.21. The van der Waals surface area contributed by atoms with Crippen LogP contribution in [-0.2, 0) is 0 Å². The van der Waals surface area contributed by atoms with E-state index in [-0.39, 0.29) is 0 Å². The van der Waals surface area contributed by atoms with E-state index in [0.29, 0.717) is 6.54 Å². The number of terminal acetylenes is 1. The minimum absolute atomic E-state index is 0.706. The standard InChI is InChI=1S/C15H26N2/c1-2-10-16-11-14-17-12-8-15(9-13-17)6-4-3-5-7-15/h1,16H,3-14H2. The van der Waals surface area contributed by atoms with E-state index in [1.165, 1.54) is 58.0 Å². The summed E-state index contributed by atoms with van der Waals surface area (Å²) in [5.41, 5.74) is 0.737. The van der Waals surface area contributed by atoms with Crippen molar-refractivity contribution in [3.8, 4) is 12.3 Å². The number of rotatable bonds is 4. The van der Waals surface area contributed by atoms with E-state index >= 15 is 0 Å².